The number of hydrogen-bond acceptors (Lipinski definition) is 3. The van der Waals surface area contributed by atoms with E-state index in [9.17, 15) is 9.59 Å². The average molecular weight is 380 g/mol. The van der Waals surface area contributed by atoms with Gasteiger partial charge in [0.2, 0.25) is 11.8 Å². The third kappa shape index (κ3) is 4.38. The Morgan fingerprint density at radius 1 is 1.15 bits per heavy atom. The highest BCUT2D eigenvalue weighted by Gasteiger charge is 2.39. The molecule has 3 rings (SSSR count). The van der Waals surface area contributed by atoms with Crippen LogP contribution in [0.5, 0.6) is 0 Å². The Balaban J connectivity index is 0.00000243. The molecular weight excluding hydrogens is 350 g/mol. The van der Waals surface area contributed by atoms with E-state index >= 15 is 0 Å². The Kier molecular flexibility index (Phi) is 7.07. The second-order valence-corrected chi connectivity index (χ2v) is 7.56. The molecule has 0 aromatic heterocycles. The van der Waals surface area contributed by atoms with Gasteiger partial charge in [0.05, 0.1) is 12.0 Å². The molecule has 2 aliphatic heterocycles. The molecule has 2 amide bonds. The molecule has 144 valence electrons. The first-order valence-corrected chi connectivity index (χ1v) is 9.36. The summed E-state index contributed by atoms with van der Waals surface area (Å²) in [6, 6.07) is 10.2. The van der Waals surface area contributed by atoms with Crippen LogP contribution in [0.2, 0.25) is 0 Å². The molecule has 0 aliphatic carbocycles. The van der Waals surface area contributed by atoms with Gasteiger partial charge in [0, 0.05) is 32.1 Å². The maximum Gasteiger partial charge on any atom is 0.227 e. The van der Waals surface area contributed by atoms with Crippen LogP contribution in [0.15, 0.2) is 30.3 Å². The summed E-state index contributed by atoms with van der Waals surface area (Å²) >= 11 is 0. The zero-order valence-electron chi connectivity index (χ0n) is 15.6. The predicted molar refractivity (Wildman–Crippen MR) is 105 cm³/mol. The minimum absolute atomic E-state index is 0. The first kappa shape index (κ1) is 20.7. The predicted octanol–water partition coefficient (Wildman–Crippen LogP) is 2.60. The van der Waals surface area contributed by atoms with Crippen molar-refractivity contribution in [3.8, 4) is 0 Å². The van der Waals surface area contributed by atoms with Crippen LogP contribution in [0.1, 0.15) is 44.7 Å². The van der Waals surface area contributed by atoms with E-state index in [2.05, 4.69) is 0 Å². The van der Waals surface area contributed by atoms with E-state index < -0.39 is 0 Å². The fourth-order valence-electron chi connectivity index (χ4n) is 4.09. The lowest BCUT2D eigenvalue weighted by Crippen LogP contribution is -2.45. The largest absolute Gasteiger partial charge is 0.342 e. The van der Waals surface area contributed by atoms with Gasteiger partial charge in [-0.05, 0) is 38.2 Å². The van der Waals surface area contributed by atoms with Crippen LogP contribution in [0.25, 0.3) is 0 Å². The Morgan fingerprint density at radius 3 is 2.35 bits per heavy atom. The van der Waals surface area contributed by atoms with Crippen LogP contribution in [0.4, 0.5) is 0 Å². The molecule has 2 N–H and O–H groups in total. The number of piperidine rings is 1. The van der Waals surface area contributed by atoms with Gasteiger partial charge in [-0.25, -0.2) is 0 Å². The summed E-state index contributed by atoms with van der Waals surface area (Å²) in [6.07, 6.45) is 2.27. The van der Waals surface area contributed by atoms with E-state index in [4.69, 9.17) is 5.73 Å². The van der Waals surface area contributed by atoms with Gasteiger partial charge in [-0.15, -0.1) is 12.4 Å². The monoisotopic (exact) mass is 379 g/mol. The van der Waals surface area contributed by atoms with Gasteiger partial charge in [-0.2, -0.15) is 0 Å². The maximum absolute atomic E-state index is 12.8. The third-order valence-electron chi connectivity index (χ3n) is 5.85. The van der Waals surface area contributed by atoms with Gasteiger partial charge in [-0.1, -0.05) is 30.3 Å². The fraction of sp³-hybridized carbons (Fsp3) is 0.600. The standard InChI is InChI=1S/C20H29N3O2.ClH/c1-14(21)16-8-10-22(11-9-16)20(25)18-12-19(24)23(13-18)15(2)17-6-4-3-5-7-17;/h3-7,14-16,18H,8-13,21H2,1-2H3;1H. The summed E-state index contributed by atoms with van der Waals surface area (Å²) in [5.74, 6) is 0.522. The van der Waals surface area contributed by atoms with Crippen molar-refractivity contribution in [1.82, 2.24) is 9.80 Å². The van der Waals surface area contributed by atoms with Crippen molar-refractivity contribution in [2.75, 3.05) is 19.6 Å². The smallest absolute Gasteiger partial charge is 0.227 e. The number of halogens is 1. The molecule has 26 heavy (non-hydrogen) atoms. The summed E-state index contributed by atoms with van der Waals surface area (Å²) in [6.45, 7) is 6.14. The topological polar surface area (TPSA) is 66.6 Å². The maximum atomic E-state index is 12.8. The van der Waals surface area contributed by atoms with Gasteiger partial charge in [0.1, 0.15) is 0 Å². The highest BCUT2D eigenvalue weighted by molar-refractivity contribution is 5.89. The second-order valence-electron chi connectivity index (χ2n) is 7.56. The summed E-state index contributed by atoms with van der Waals surface area (Å²) in [5.41, 5.74) is 7.09. The summed E-state index contributed by atoms with van der Waals surface area (Å²) < 4.78 is 0. The summed E-state index contributed by atoms with van der Waals surface area (Å²) in [5, 5.41) is 0. The van der Waals surface area contributed by atoms with Gasteiger partial charge in [0.25, 0.3) is 0 Å². The highest BCUT2D eigenvalue weighted by atomic mass is 35.5. The molecule has 1 aromatic rings. The van der Waals surface area contributed by atoms with Gasteiger partial charge >= 0.3 is 0 Å². The molecule has 1 aromatic carbocycles. The lowest BCUT2D eigenvalue weighted by Gasteiger charge is -2.35. The molecule has 6 heteroatoms. The normalized spacial score (nSPS) is 23.5. The molecule has 2 aliphatic rings. The van der Waals surface area contributed by atoms with Gasteiger partial charge in [0.15, 0.2) is 0 Å². The Bertz CT molecular complexity index is 615. The molecule has 0 saturated carbocycles. The van der Waals surface area contributed by atoms with Crippen LogP contribution >= 0.6 is 12.4 Å². The van der Waals surface area contributed by atoms with Crippen molar-refractivity contribution >= 4 is 24.2 Å². The van der Waals surface area contributed by atoms with E-state index in [1.807, 2.05) is 54.0 Å². The molecule has 0 spiro atoms. The average Bonchev–Trinajstić information content (AvgIpc) is 3.03. The molecule has 5 nitrogen and oxygen atoms in total. The highest BCUT2D eigenvalue weighted by Crippen LogP contribution is 2.30. The Hall–Kier alpha value is -1.59. The second kappa shape index (κ2) is 8.87. The lowest BCUT2D eigenvalue weighted by molar-refractivity contribution is -0.137. The van der Waals surface area contributed by atoms with E-state index in [0.29, 0.717) is 18.9 Å². The molecule has 0 radical (unpaired) electrons. The number of carbonyl (C=O) groups excluding carboxylic acids is 2. The molecule has 2 fully saturated rings. The fourth-order valence-corrected chi connectivity index (χ4v) is 4.09. The minimum atomic E-state index is -0.203. The molecule has 2 heterocycles. The van der Waals surface area contributed by atoms with E-state index in [-0.39, 0.29) is 42.2 Å². The van der Waals surface area contributed by atoms with Gasteiger partial charge in [-0.3, -0.25) is 9.59 Å². The zero-order valence-corrected chi connectivity index (χ0v) is 16.5. The number of nitrogens with zero attached hydrogens (tertiary/aromatic N) is 2. The summed E-state index contributed by atoms with van der Waals surface area (Å²) in [7, 11) is 0. The van der Waals surface area contributed by atoms with Crippen molar-refractivity contribution < 1.29 is 9.59 Å². The Labute approximate surface area is 162 Å². The number of nitrogens with two attached hydrogens (primary N) is 1. The van der Waals surface area contributed by atoms with Crippen LogP contribution in [0.3, 0.4) is 0 Å². The van der Waals surface area contributed by atoms with Crippen molar-refractivity contribution in [1.29, 1.82) is 0 Å². The van der Waals surface area contributed by atoms with E-state index in [0.717, 1.165) is 31.5 Å². The number of benzene rings is 1. The number of amides is 2. The van der Waals surface area contributed by atoms with Gasteiger partial charge < -0.3 is 15.5 Å². The van der Waals surface area contributed by atoms with Crippen molar-refractivity contribution in [3.05, 3.63) is 35.9 Å². The first-order valence-electron chi connectivity index (χ1n) is 9.36. The van der Waals surface area contributed by atoms with Crippen molar-refractivity contribution in [3.63, 3.8) is 0 Å². The van der Waals surface area contributed by atoms with E-state index in [1.165, 1.54) is 0 Å². The third-order valence-corrected chi connectivity index (χ3v) is 5.85. The molecule has 0 bridgehead atoms. The quantitative estimate of drug-likeness (QED) is 0.874. The molecule has 2 saturated heterocycles. The van der Waals surface area contributed by atoms with Crippen LogP contribution in [-0.4, -0.2) is 47.3 Å². The van der Waals surface area contributed by atoms with Crippen molar-refractivity contribution in [2.24, 2.45) is 17.6 Å². The molecule has 3 atom stereocenters. The lowest BCUT2D eigenvalue weighted by atomic mass is 9.90. The van der Waals surface area contributed by atoms with Crippen LogP contribution in [0, 0.1) is 11.8 Å². The summed E-state index contributed by atoms with van der Waals surface area (Å²) in [4.78, 5) is 29.1. The molecule has 3 unspecified atom stereocenters. The zero-order chi connectivity index (χ0) is 18.0. The van der Waals surface area contributed by atoms with Crippen LogP contribution < -0.4 is 5.73 Å². The Morgan fingerprint density at radius 2 is 1.77 bits per heavy atom. The first-order chi connectivity index (χ1) is 12.0. The minimum Gasteiger partial charge on any atom is -0.342 e. The SMILES string of the molecule is CC(N)C1CCN(C(=O)C2CC(=O)N(C(C)c3ccccc3)C2)CC1.Cl. The number of hydrogen-bond donors (Lipinski definition) is 1. The number of likely N-dealkylation sites (tertiary alicyclic amines) is 2. The number of carbonyl (C=O) groups is 2. The molecular formula is C20H30ClN3O2. The number of rotatable bonds is 4. The van der Waals surface area contributed by atoms with Crippen LogP contribution in [-0.2, 0) is 9.59 Å². The van der Waals surface area contributed by atoms with E-state index in [1.54, 1.807) is 0 Å². The van der Waals surface area contributed by atoms with Crippen molar-refractivity contribution in [2.45, 2.75) is 45.2 Å².